The zero-order valence-electron chi connectivity index (χ0n) is 12.5. The topological polar surface area (TPSA) is 30.5 Å². The zero-order valence-corrected chi connectivity index (χ0v) is 12.5. The molecule has 3 rings (SSSR count). The van der Waals surface area contributed by atoms with Gasteiger partial charge in [0, 0.05) is 12.6 Å². The lowest BCUT2D eigenvalue weighted by Crippen LogP contribution is -2.33. The Labute approximate surface area is 121 Å². The Hall–Kier alpha value is -1.22. The molecule has 3 unspecified atom stereocenters. The van der Waals surface area contributed by atoms with E-state index in [2.05, 4.69) is 17.4 Å². The van der Waals surface area contributed by atoms with Gasteiger partial charge in [-0.05, 0) is 55.7 Å². The van der Waals surface area contributed by atoms with Gasteiger partial charge in [-0.2, -0.15) is 0 Å². The van der Waals surface area contributed by atoms with Crippen LogP contribution in [0.1, 0.15) is 38.2 Å². The van der Waals surface area contributed by atoms with Crippen molar-refractivity contribution in [3.63, 3.8) is 0 Å². The molecule has 3 nitrogen and oxygen atoms in total. The third-order valence-electron chi connectivity index (χ3n) is 4.83. The molecule has 1 aromatic carbocycles. The number of benzene rings is 1. The average Bonchev–Trinajstić information content (AvgIpc) is 3.09. The molecule has 20 heavy (non-hydrogen) atoms. The molecule has 110 valence electrons. The molecule has 2 bridgehead atoms. The summed E-state index contributed by atoms with van der Waals surface area (Å²) in [6, 6.07) is 6.96. The summed E-state index contributed by atoms with van der Waals surface area (Å²) in [5, 5.41) is 3.74. The summed E-state index contributed by atoms with van der Waals surface area (Å²) in [7, 11) is 1.70. The van der Waals surface area contributed by atoms with E-state index in [4.69, 9.17) is 9.47 Å². The summed E-state index contributed by atoms with van der Waals surface area (Å²) in [5.41, 5.74) is 1.27. The monoisotopic (exact) mass is 275 g/mol. The van der Waals surface area contributed by atoms with Crippen molar-refractivity contribution in [3.05, 3.63) is 23.8 Å². The number of nitrogens with one attached hydrogen (secondary N) is 1. The molecule has 0 radical (unpaired) electrons. The average molecular weight is 275 g/mol. The van der Waals surface area contributed by atoms with E-state index in [1.807, 2.05) is 13.0 Å². The largest absolute Gasteiger partial charge is 0.493 e. The predicted octanol–water partition coefficient (Wildman–Crippen LogP) is 3.37. The molecule has 0 saturated heterocycles. The molecule has 1 aromatic rings. The maximum Gasteiger partial charge on any atom is 0.161 e. The summed E-state index contributed by atoms with van der Waals surface area (Å²) in [4.78, 5) is 0. The number of hydrogen-bond donors (Lipinski definition) is 1. The normalized spacial score (nSPS) is 27.8. The summed E-state index contributed by atoms with van der Waals surface area (Å²) < 4.78 is 11.0. The van der Waals surface area contributed by atoms with Crippen molar-refractivity contribution in [2.24, 2.45) is 11.8 Å². The Kier molecular flexibility index (Phi) is 4.16. The van der Waals surface area contributed by atoms with E-state index in [9.17, 15) is 0 Å². The van der Waals surface area contributed by atoms with E-state index in [1.54, 1.807) is 7.11 Å². The molecule has 2 saturated carbocycles. The van der Waals surface area contributed by atoms with Crippen LogP contribution in [0.25, 0.3) is 0 Å². The highest BCUT2D eigenvalue weighted by Crippen LogP contribution is 2.44. The SMILES string of the molecule is CCOc1ccc(CNC2CC3CCC2C3)cc1OC. The fourth-order valence-electron chi connectivity index (χ4n) is 3.84. The van der Waals surface area contributed by atoms with Crippen molar-refractivity contribution in [1.29, 1.82) is 0 Å². The van der Waals surface area contributed by atoms with Crippen LogP contribution < -0.4 is 14.8 Å². The van der Waals surface area contributed by atoms with Crippen LogP contribution in [0.3, 0.4) is 0 Å². The number of rotatable bonds is 6. The highest BCUT2D eigenvalue weighted by atomic mass is 16.5. The fraction of sp³-hybridized carbons (Fsp3) is 0.647. The van der Waals surface area contributed by atoms with Crippen molar-refractivity contribution in [1.82, 2.24) is 5.32 Å². The van der Waals surface area contributed by atoms with E-state index < -0.39 is 0 Å². The second kappa shape index (κ2) is 6.04. The maximum atomic E-state index is 5.56. The number of methoxy groups -OCH3 is 1. The Bertz CT molecular complexity index is 460. The lowest BCUT2D eigenvalue weighted by molar-refractivity contribution is 0.310. The lowest BCUT2D eigenvalue weighted by atomic mass is 9.95. The van der Waals surface area contributed by atoms with Gasteiger partial charge in [0.2, 0.25) is 0 Å². The van der Waals surface area contributed by atoms with Crippen LogP contribution >= 0.6 is 0 Å². The highest BCUT2D eigenvalue weighted by molar-refractivity contribution is 5.42. The van der Waals surface area contributed by atoms with Gasteiger partial charge in [-0.1, -0.05) is 12.5 Å². The molecule has 3 atom stereocenters. The van der Waals surface area contributed by atoms with Gasteiger partial charge < -0.3 is 14.8 Å². The van der Waals surface area contributed by atoms with Crippen molar-refractivity contribution in [3.8, 4) is 11.5 Å². The summed E-state index contributed by atoms with van der Waals surface area (Å²) in [5.74, 6) is 3.58. The van der Waals surface area contributed by atoms with Gasteiger partial charge in [-0.25, -0.2) is 0 Å². The van der Waals surface area contributed by atoms with Crippen molar-refractivity contribution < 1.29 is 9.47 Å². The summed E-state index contributed by atoms with van der Waals surface area (Å²) in [6.45, 7) is 3.58. The minimum absolute atomic E-state index is 0.666. The summed E-state index contributed by atoms with van der Waals surface area (Å²) in [6.07, 6.45) is 5.71. The van der Waals surface area contributed by atoms with Crippen LogP contribution in [0.5, 0.6) is 11.5 Å². The minimum atomic E-state index is 0.666. The van der Waals surface area contributed by atoms with Crippen LogP contribution in [0.2, 0.25) is 0 Å². The first kappa shape index (κ1) is 13.7. The van der Waals surface area contributed by atoms with Crippen LogP contribution in [0, 0.1) is 11.8 Å². The predicted molar refractivity (Wildman–Crippen MR) is 80.2 cm³/mol. The summed E-state index contributed by atoms with van der Waals surface area (Å²) >= 11 is 0. The number of ether oxygens (including phenoxy) is 2. The first-order chi connectivity index (χ1) is 9.80. The number of fused-ring (bicyclic) bond motifs is 2. The highest BCUT2D eigenvalue weighted by Gasteiger charge is 2.38. The molecule has 2 fully saturated rings. The molecule has 0 heterocycles. The van der Waals surface area contributed by atoms with E-state index in [0.717, 1.165) is 35.9 Å². The third-order valence-corrected chi connectivity index (χ3v) is 4.83. The van der Waals surface area contributed by atoms with Crippen molar-refractivity contribution in [2.45, 2.75) is 45.2 Å². The molecule has 0 aromatic heterocycles. The molecule has 2 aliphatic carbocycles. The molecule has 0 spiro atoms. The quantitative estimate of drug-likeness (QED) is 0.863. The van der Waals surface area contributed by atoms with Gasteiger partial charge in [-0.3, -0.25) is 0 Å². The molecule has 0 amide bonds. The van der Waals surface area contributed by atoms with Crippen LogP contribution in [-0.4, -0.2) is 19.8 Å². The van der Waals surface area contributed by atoms with Gasteiger partial charge >= 0.3 is 0 Å². The van der Waals surface area contributed by atoms with E-state index in [-0.39, 0.29) is 0 Å². The van der Waals surface area contributed by atoms with Gasteiger partial charge in [0.25, 0.3) is 0 Å². The van der Waals surface area contributed by atoms with Crippen molar-refractivity contribution >= 4 is 0 Å². The van der Waals surface area contributed by atoms with Crippen LogP contribution in [0.15, 0.2) is 18.2 Å². The standard InChI is InChI=1S/C17H25NO2/c1-3-20-16-7-5-13(10-17(16)19-2)11-18-15-9-12-4-6-14(15)8-12/h5,7,10,12,14-15,18H,3-4,6,8-9,11H2,1-2H3. The van der Waals surface area contributed by atoms with E-state index in [0.29, 0.717) is 6.61 Å². The first-order valence-electron chi connectivity index (χ1n) is 7.83. The second-order valence-corrected chi connectivity index (χ2v) is 6.08. The van der Waals surface area contributed by atoms with Crippen LogP contribution in [0.4, 0.5) is 0 Å². The number of hydrogen-bond acceptors (Lipinski definition) is 3. The van der Waals surface area contributed by atoms with E-state index in [1.165, 1.54) is 31.2 Å². The maximum absolute atomic E-state index is 5.56. The molecule has 2 aliphatic rings. The van der Waals surface area contributed by atoms with Gasteiger partial charge in [0.1, 0.15) is 0 Å². The van der Waals surface area contributed by atoms with E-state index >= 15 is 0 Å². The fourth-order valence-corrected chi connectivity index (χ4v) is 3.84. The second-order valence-electron chi connectivity index (χ2n) is 6.08. The Morgan fingerprint density at radius 1 is 1.20 bits per heavy atom. The Morgan fingerprint density at radius 2 is 2.10 bits per heavy atom. The minimum Gasteiger partial charge on any atom is -0.493 e. The third kappa shape index (κ3) is 2.78. The smallest absolute Gasteiger partial charge is 0.161 e. The first-order valence-corrected chi connectivity index (χ1v) is 7.83. The zero-order chi connectivity index (χ0) is 13.9. The molecule has 3 heteroatoms. The molecule has 0 aliphatic heterocycles. The lowest BCUT2D eigenvalue weighted by Gasteiger charge is -2.23. The van der Waals surface area contributed by atoms with Crippen LogP contribution in [-0.2, 0) is 6.54 Å². The van der Waals surface area contributed by atoms with Crippen molar-refractivity contribution in [2.75, 3.05) is 13.7 Å². The van der Waals surface area contributed by atoms with Gasteiger partial charge in [-0.15, -0.1) is 0 Å². The van der Waals surface area contributed by atoms with Gasteiger partial charge in [0.05, 0.1) is 13.7 Å². The van der Waals surface area contributed by atoms with Gasteiger partial charge in [0.15, 0.2) is 11.5 Å². The Morgan fingerprint density at radius 3 is 2.75 bits per heavy atom. The molecule has 1 N–H and O–H groups in total. The Balaban J connectivity index is 1.60. The molecular formula is C17H25NO2. The molecular weight excluding hydrogens is 250 g/mol.